The standard InChI is InChI=1S/4C15H16N4O3/c4*1-8-17-10-5-3-4-9(16)12(10)13(21)19(8)15(2)7-6-11(20)18-14(15)22/h4*3-5H,6-7,16H2,1-2H3,(H,18,20,22)/t2*15-;;/m10../s1/i2*3D,4D,5D;2D3,3D,4D,5D;3D,4D,5D. The number of nitrogen functional groups attached to an aromatic ring is 4. The number of nitrogens with zero attached hydrogens (tertiary/aromatic N) is 8. The quantitative estimate of drug-likeness (QED) is 0.0919. The Morgan fingerprint density at radius 3 is 0.784 bits per heavy atom. The van der Waals surface area contributed by atoms with Crippen LogP contribution in [0.1, 0.15) is 123 Å². The predicted molar refractivity (Wildman–Crippen MR) is 325 cm³/mol. The fourth-order valence-corrected chi connectivity index (χ4v) is 10.9. The van der Waals surface area contributed by atoms with Crippen molar-refractivity contribution in [3.8, 4) is 0 Å². The molecule has 0 radical (unpaired) electrons. The van der Waals surface area contributed by atoms with Gasteiger partial charge in [-0.05, 0) is 129 Å². The summed E-state index contributed by atoms with van der Waals surface area (Å²) in [7, 11) is 0. The highest BCUT2D eigenvalue weighted by molar-refractivity contribution is 6.04. The molecule has 4 fully saturated rings. The van der Waals surface area contributed by atoms with Gasteiger partial charge in [0.15, 0.2) is 0 Å². The molecule has 4 aromatic carbocycles. The number of aromatic nitrogens is 8. The smallest absolute Gasteiger partial charge is 0.264 e. The van der Waals surface area contributed by atoms with Crippen molar-refractivity contribution in [2.75, 3.05) is 22.9 Å². The Hall–Kier alpha value is -10.8. The lowest BCUT2D eigenvalue weighted by Crippen LogP contribution is -2.56. The molecule has 0 aliphatic carbocycles. The molecule has 4 atom stereocenters. The van der Waals surface area contributed by atoms with Crippen molar-refractivity contribution in [1.29, 1.82) is 0 Å². The third-order valence-electron chi connectivity index (χ3n) is 15.5. The first-order chi connectivity index (χ1) is 47.6. The van der Waals surface area contributed by atoms with Crippen molar-refractivity contribution >= 4 is 114 Å². The first kappa shape index (κ1) is 44.6. The van der Waals surface area contributed by atoms with Crippen molar-refractivity contribution in [2.45, 2.75) is 129 Å². The van der Waals surface area contributed by atoms with Gasteiger partial charge in [0.1, 0.15) is 45.5 Å². The third kappa shape index (κ3) is 10.6. The van der Waals surface area contributed by atoms with E-state index in [4.69, 9.17) is 43.5 Å². The summed E-state index contributed by atoms with van der Waals surface area (Å²) in [5, 5.41) is 7.71. The second kappa shape index (κ2) is 22.9. The first-order valence-electron chi connectivity index (χ1n) is 34.2. The van der Waals surface area contributed by atoms with Crippen LogP contribution in [0.15, 0.2) is 91.7 Å². The zero-order chi connectivity index (χ0) is 77.2. The molecular weight excluding hydrogens is 1140 g/mol. The first-order valence-corrected chi connectivity index (χ1v) is 26.7. The summed E-state index contributed by atoms with van der Waals surface area (Å²) in [6.07, 6.45) is -0.207. The number of fused-ring (bicyclic) bond motifs is 4. The van der Waals surface area contributed by atoms with Crippen LogP contribution >= 0.6 is 0 Å². The summed E-state index contributed by atoms with van der Waals surface area (Å²) in [5.41, 5.74) is 12.2. The molecule has 0 spiro atoms. The number of carbonyl (C=O) groups excluding carboxylic acids is 8. The van der Waals surface area contributed by atoms with Gasteiger partial charge in [0.05, 0.1) is 60.1 Å². The van der Waals surface area contributed by atoms with Crippen LogP contribution in [0, 0.1) is 27.7 Å². The van der Waals surface area contributed by atoms with Crippen LogP contribution in [0.25, 0.3) is 43.6 Å². The van der Waals surface area contributed by atoms with Crippen molar-refractivity contribution in [3.63, 3.8) is 0 Å². The highest BCUT2D eigenvalue weighted by atomic mass is 16.2. The monoisotopic (exact) mass is 1220 g/mol. The number of benzene rings is 4. The lowest BCUT2D eigenvalue weighted by atomic mass is 9.90. The molecule has 0 saturated carbocycles. The number of amides is 8. The molecule has 8 heterocycles. The highest BCUT2D eigenvalue weighted by Crippen LogP contribution is 2.32. The van der Waals surface area contributed by atoms with Crippen LogP contribution in [-0.4, -0.2) is 85.5 Å². The molecule has 12 N–H and O–H groups in total. The molecule has 2 unspecified atom stereocenters. The molecule has 4 aliphatic rings. The number of imide groups is 4. The Balaban J connectivity index is 0.000000160. The average Bonchev–Trinajstić information content (AvgIpc) is 0.724. The zero-order valence-electron chi connectivity index (χ0n) is 62.9. The van der Waals surface area contributed by atoms with E-state index in [1.54, 1.807) is 0 Å². The molecule has 4 aromatic heterocycles. The molecule has 8 amide bonds. The molecule has 12 rings (SSSR count). The maximum Gasteiger partial charge on any atom is 0.264 e. The summed E-state index contributed by atoms with van der Waals surface area (Å²) in [6, 6.07) is -5.24. The number of carbonyl (C=O) groups is 8. The zero-order valence-corrected chi connectivity index (χ0v) is 47.9. The number of hydrogen-bond acceptors (Lipinski definition) is 20. The van der Waals surface area contributed by atoms with E-state index < -0.39 is 170 Å². The van der Waals surface area contributed by atoms with Gasteiger partial charge in [-0.1, -0.05) is 24.2 Å². The van der Waals surface area contributed by atoms with Gasteiger partial charge in [0, 0.05) is 52.5 Å². The van der Waals surface area contributed by atoms with E-state index >= 15 is 0 Å². The number of piperidine rings is 4. The van der Waals surface area contributed by atoms with Crippen LogP contribution < -0.4 is 66.4 Å². The van der Waals surface area contributed by atoms with Crippen LogP contribution in [0.4, 0.5) is 22.7 Å². The molecule has 8 aromatic rings. The Labute approximate surface area is 520 Å². The van der Waals surface area contributed by atoms with Crippen molar-refractivity contribution in [3.05, 3.63) is 137 Å². The van der Waals surface area contributed by atoms with Crippen LogP contribution in [0.2, 0.25) is 0 Å². The number of anilines is 4. The Morgan fingerprint density at radius 2 is 0.580 bits per heavy atom. The highest BCUT2D eigenvalue weighted by Gasteiger charge is 2.46. The molecule has 456 valence electrons. The van der Waals surface area contributed by atoms with Crippen molar-refractivity contribution < 1.29 is 58.9 Å². The lowest BCUT2D eigenvalue weighted by Gasteiger charge is -2.34. The van der Waals surface area contributed by atoms with Crippen molar-refractivity contribution in [2.24, 2.45) is 0 Å². The SMILES string of the molecule is [2H]c1c([2H])c(N)c2c(=O)n(C3(C([2H])([2H])[2H])CCC(=O)NC3=O)c(C)nc2c1[2H].[2H]c1c([2H])c(N)c2c(=O)n(C3(C)CCC(=O)NC3=O)c(C)nc2c1[2H].[2H]c1c([2H])c(N)c2c(=O)n([C@@]3(C)CCC(=O)NC3=O)c(C)nc2c1[2H].[2H]c1c([2H])c(N)c2c(=O)n([C@]3(C)CCC(=O)NC3=O)c(C)nc2c1[2H]. The van der Waals surface area contributed by atoms with Gasteiger partial charge in [0.25, 0.3) is 45.9 Å². The van der Waals surface area contributed by atoms with E-state index in [0.717, 1.165) is 13.7 Å². The lowest BCUT2D eigenvalue weighted by molar-refractivity contribution is -0.141. The average molecular weight is 1220 g/mol. The van der Waals surface area contributed by atoms with Gasteiger partial charge < -0.3 is 22.9 Å². The van der Waals surface area contributed by atoms with Gasteiger partial charge in [-0.25, -0.2) is 19.9 Å². The van der Waals surface area contributed by atoms with E-state index in [-0.39, 0.29) is 142 Å². The summed E-state index contributed by atoms with van der Waals surface area (Å²) < 4.78 is 122. The third-order valence-corrected chi connectivity index (χ3v) is 15.5. The van der Waals surface area contributed by atoms with E-state index in [1.165, 1.54) is 48.5 Å². The minimum atomic E-state index is -3.01. The molecule has 88 heavy (non-hydrogen) atoms. The van der Waals surface area contributed by atoms with E-state index in [1.807, 2.05) is 5.32 Å². The molecule has 28 nitrogen and oxygen atoms in total. The van der Waals surface area contributed by atoms with Crippen molar-refractivity contribution in [1.82, 2.24) is 59.5 Å². The number of hydrogen-bond donors (Lipinski definition) is 8. The second-order valence-electron chi connectivity index (χ2n) is 21.4. The molecule has 4 saturated heterocycles. The van der Waals surface area contributed by atoms with Crippen LogP contribution in [-0.2, 0) is 60.5 Å². The molecule has 28 heteroatoms. The number of rotatable bonds is 4. The molecule has 0 bridgehead atoms. The topological polar surface area (TPSA) is 428 Å². The maximum absolute atomic E-state index is 13.3. The summed E-state index contributed by atoms with van der Waals surface area (Å²) in [5.74, 6) is -4.64. The molecular formula is C60H64N16O12. The van der Waals surface area contributed by atoms with Gasteiger partial charge >= 0.3 is 0 Å². The largest absolute Gasteiger partial charge is 0.398 e. The fraction of sp³-hybridized carbons (Fsp3) is 0.333. The number of nitrogens with one attached hydrogen (secondary N) is 4. The predicted octanol–water partition coefficient (Wildman–Crippen LogP) is 1.76. The van der Waals surface area contributed by atoms with E-state index in [2.05, 4.69) is 35.9 Å². The number of aryl methyl sites for hydroxylation is 4. The summed E-state index contributed by atoms with van der Waals surface area (Å²) in [4.78, 5) is 165. The normalized spacial score (nSPS) is 24.5. The van der Waals surface area contributed by atoms with Gasteiger partial charge in [-0.15, -0.1) is 0 Å². The Kier molecular flexibility index (Phi) is 11.6. The van der Waals surface area contributed by atoms with Crippen LogP contribution in [0.3, 0.4) is 0 Å². The maximum atomic E-state index is 13.3. The number of nitrogens with two attached hydrogens (primary N) is 4. The minimum Gasteiger partial charge on any atom is -0.398 e. The van der Waals surface area contributed by atoms with E-state index in [0.29, 0.717) is 4.57 Å². The molecule has 4 aliphatic heterocycles. The second-order valence-corrected chi connectivity index (χ2v) is 21.4. The minimum absolute atomic E-state index is 0.0701. The Bertz CT molecular complexity index is 5110. The summed E-state index contributed by atoms with van der Waals surface area (Å²) in [6.45, 7) is 7.35. The fourth-order valence-electron chi connectivity index (χ4n) is 10.9. The Morgan fingerprint density at radius 1 is 0.375 bits per heavy atom. The van der Waals surface area contributed by atoms with Gasteiger partial charge in [-0.2, -0.15) is 0 Å². The van der Waals surface area contributed by atoms with E-state index in [9.17, 15) is 57.5 Å². The van der Waals surface area contributed by atoms with Gasteiger partial charge in [0.2, 0.25) is 23.6 Å². The van der Waals surface area contributed by atoms with Crippen LogP contribution in [0.5, 0.6) is 0 Å². The van der Waals surface area contributed by atoms with Gasteiger partial charge in [-0.3, -0.25) is 97.1 Å². The summed E-state index contributed by atoms with van der Waals surface area (Å²) >= 11 is 0.